The standard InChI is InChI=1S/C62H77N4O21P/c1-39(2)66(40(3)4)88(73,81-34-32-76-31-33-77-60-59(84-44(8)70)58(83-43(7)69)57(82-42(6)68)53(86-60)36-78-41(5)67)87-51-35-56(65-30-29-54(64-61(65)72)63-55(71)38-79-50-19-15-12-16-20-50)85-52(51)37-80-62(45-17-13-11-14-18-45,46-21-25-48(74-9)26-22-46)47-23-27-49(75-10)28-24-47/h11-30,39-40,51-53,56-60H,31-38H2,1-10H3,(H,63,64,71,72)/t51-,52+,53+,56+,57+,58-,59+,60+,88?/m0/s1. The molecule has 0 aliphatic carbocycles. The van der Waals surface area contributed by atoms with E-state index in [1.165, 1.54) is 16.8 Å². The number of amides is 1. The fraction of sp³-hybridized carbons (Fsp3) is 0.468. The fourth-order valence-electron chi connectivity index (χ4n) is 10.3. The van der Waals surface area contributed by atoms with Gasteiger partial charge in [0.2, 0.25) is 0 Å². The van der Waals surface area contributed by atoms with Crippen LogP contribution in [-0.4, -0.2) is 159 Å². The normalized spacial score (nSPS) is 20.8. The van der Waals surface area contributed by atoms with E-state index in [2.05, 4.69) is 10.3 Å². The number of hydrogen-bond acceptors (Lipinski definition) is 22. The molecule has 0 spiro atoms. The summed E-state index contributed by atoms with van der Waals surface area (Å²) < 4.78 is 102. The van der Waals surface area contributed by atoms with E-state index in [9.17, 15) is 28.8 Å². The number of esters is 4. The third-order valence-corrected chi connectivity index (χ3v) is 16.4. The van der Waals surface area contributed by atoms with E-state index >= 15 is 4.57 Å². The summed E-state index contributed by atoms with van der Waals surface area (Å²) in [5.74, 6) is -1.95. The predicted octanol–water partition coefficient (Wildman–Crippen LogP) is 7.32. The van der Waals surface area contributed by atoms with Crippen LogP contribution in [0.2, 0.25) is 0 Å². The van der Waals surface area contributed by atoms with Crippen LogP contribution in [0.1, 0.15) is 84.7 Å². The molecule has 25 nitrogen and oxygen atoms in total. The lowest BCUT2D eigenvalue weighted by molar-refractivity contribution is -0.309. The van der Waals surface area contributed by atoms with Crippen LogP contribution in [0, 0.1) is 0 Å². The highest BCUT2D eigenvalue weighted by atomic mass is 31.2. The Kier molecular flexibility index (Phi) is 24.7. The molecule has 1 N–H and O–H groups in total. The van der Waals surface area contributed by atoms with Crippen molar-refractivity contribution in [2.75, 3.05) is 65.8 Å². The molecule has 476 valence electrons. The van der Waals surface area contributed by atoms with Crippen molar-refractivity contribution in [1.82, 2.24) is 14.2 Å². The molecule has 1 aromatic heterocycles. The second-order valence-electron chi connectivity index (χ2n) is 20.9. The fourth-order valence-corrected chi connectivity index (χ4v) is 12.6. The number of rotatable bonds is 31. The Morgan fingerprint density at radius 2 is 1.22 bits per heavy atom. The van der Waals surface area contributed by atoms with Gasteiger partial charge in [-0.25, -0.2) is 14.0 Å². The molecule has 7 rings (SSSR count). The highest BCUT2D eigenvalue weighted by Crippen LogP contribution is 2.57. The van der Waals surface area contributed by atoms with Crippen LogP contribution in [-0.2, 0) is 85.8 Å². The van der Waals surface area contributed by atoms with E-state index in [0.29, 0.717) is 28.4 Å². The van der Waals surface area contributed by atoms with Gasteiger partial charge in [0.05, 0.1) is 47.3 Å². The Morgan fingerprint density at radius 1 is 0.659 bits per heavy atom. The number of carbonyl (C=O) groups is 5. The zero-order valence-corrected chi connectivity index (χ0v) is 51.7. The van der Waals surface area contributed by atoms with E-state index in [-0.39, 0.29) is 51.9 Å². The second kappa shape index (κ2) is 32.1. The van der Waals surface area contributed by atoms with Crippen molar-refractivity contribution >= 4 is 43.3 Å². The summed E-state index contributed by atoms with van der Waals surface area (Å²) in [6, 6.07) is 33.9. The minimum Gasteiger partial charge on any atom is -0.497 e. The van der Waals surface area contributed by atoms with Gasteiger partial charge in [-0.05, 0) is 86.8 Å². The topological polar surface area (TPSA) is 282 Å². The average Bonchev–Trinajstić information content (AvgIpc) is 1.13. The van der Waals surface area contributed by atoms with Gasteiger partial charge in [0.1, 0.15) is 59.8 Å². The van der Waals surface area contributed by atoms with Gasteiger partial charge in [0.15, 0.2) is 31.2 Å². The number of nitrogens with zero attached hydrogens (tertiary/aromatic N) is 3. The van der Waals surface area contributed by atoms with Crippen LogP contribution in [0.25, 0.3) is 0 Å². The summed E-state index contributed by atoms with van der Waals surface area (Å²) in [6.07, 6.45) is -8.84. The summed E-state index contributed by atoms with van der Waals surface area (Å²) in [6.45, 7) is 10.0. The predicted molar refractivity (Wildman–Crippen MR) is 315 cm³/mol. The van der Waals surface area contributed by atoms with E-state index < -0.39 is 117 Å². The van der Waals surface area contributed by atoms with Crippen LogP contribution < -0.4 is 25.2 Å². The molecular weight excluding hydrogens is 1170 g/mol. The van der Waals surface area contributed by atoms with Gasteiger partial charge >= 0.3 is 37.3 Å². The third kappa shape index (κ3) is 18.0. The average molecular weight is 1250 g/mol. The maximum absolute atomic E-state index is 15.8. The maximum Gasteiger partial charge on any atom is 0.409 e. The molecule has 4 aromatic carbocycles. The molecule has 1 unspecified atom stereocenters. The number of anilines is 1. The molecule has 2 fully saturated rings. The van der Waals surface area contributed by atoms with Crippen LogP contribution in [0.5, 0.6) is 17.2 Å². The van der Waals surface area contributed by atoms with Gasteiger partial charge in [-0.15, -0.1) is 0 Å². The first-order chi connectivity index (χ1) is 42.1. The lowest BCUT2D eigenvalue weighted by Crippen LogP contribution is -2.63. The van der Waals surface area contributed by atoms with Crippen LogP contribution in [0.4, 0.5) is 5.82 Å². The Labute approximate surface area is 510 Å². The van der Waals surface area contributed by atoms with Crippen LogP contribution in [0.15, 0.2) is 126 Å². The Balaban J connectivity index is 1.15. The van der Waals surface area contributed by atoms with Gasteiger partial charge in [-0.1, -0.05) is 72.8 Å². The first kappa shape index (κ1) is 67.9. The Bertz CT molecular complexity index is 3130. The van der Waals surface area contributed by atoms with Crippen molar-refractivity contribution in [2.24, 2.45) is 0 Å². The molecule has 2 saturated heterocycles. The van der Waals surface area contributed by atoms with E-state index in [4.69, 9.17) is 65.9 Å². The van der Waals surface area contributed by atoms with Gasteiger partial charge in [0.25, 0.3) is 5.91 Å². The van der Waals surface area contributed by atoms with Crippen LogP contribution in [0.3, 0.4) is 0 Å². The number of benzene rings is 4. The monoisotopic (exact) mass is 1240 g/mol. The summed E-state index contributed by atoms with van der Waals surface area (Å²) >= 11 is 0. The van der Waals surface area contributed by atoms with Crippen molar-refractivity contribution in [3.05, 3.63) is 149 Å². The first-order valence-electron chi connectivity index (χ1n) is 28.6. The number of nitrogens with one attached hydrogen (secondary N) is 1. The molecule has 26 heteroatoms. The van der Waals surface area contributed by atoms with E-state index in [0.717, 1.165) is 33.3 Å². The number of aromatic nitrogens is 2. The number of carbonyl (C=O) groups excluding carboxylic acids is 5. The SMILES string of the molecule is COc1ccc(C(OC[C@H]2O[C@@H](n3ccc(NC(=O)COc4ccccc4)nc3=O)C[C@@H]2OP(=O)(OCCOCCO[C@@H]2O[C@H](COC(C)=O)[C@@H](OC(C)=O)[C@H](OC(C)=O)[C@H]2OC(C)=O)N(C(C)C)C(C)C)(c2ccccc2)c2ccc(OC)cc2)cc1. The largest absolute Gasteiger partial charge is 0.497 e. The number of methoxy groups -OCH3 is 2. The lowest BCUT2D eigenvalue weighted by Gasteiger charge is -2.44. The third-order valence-electron chi connectivity index (χ3n) is 13.9. The Hall–Kier alpha value is -7.58. The van der Waals surface area contributed by atoms with Crippen molar-refractivity contribution in [3.63, 3.8) is 0 Å². The second-order valence-corrected chi connectivity index (χ2v) is 22.8. The maximum atomic E-state index is 15.8. The highest BCUT2D eigenvalue weighted by molar-refractivity contribution is 7.51. The molecule has 0 saturated carbocycles. The summed E-state index contributed by atoms with van der Waals surface area (Å²) in [7, 11) is -1.26. The molecule has 5 aromatic rings. The molecule has 3 heterocycles. The van der Waals surface area contributed by atoms with Crippen molar-refractivity contribution in [2.45, 2.75) is 129 Å². The van der Waals surface area contributed by atoms with Gasteiger partial charge in [-0.2, -0.15) is 4.98 Å². The quantitative estimate of drug-likeness (QED) is 0.0149. The summed E-state index contributed by atoms with van der Waals surface area (Å²) in [5, 5.41) is 2.60. The number of ether oxygens (including phenoxy) is 12. The molecule has 1 amide bonds. The van der Waals surface area contributed by atoms with Gasteiger partial charge in [0, 0.05) is 52.4 Å². The first-order valence-corrected chi connectivity index (χ1v) is 30.1. The van der Waals surface area contributed by atoms with E-state index in [1.54, 1.807) is 43.2 Å². The summed E-state index contributed by atoms with van der Waals surface area (Å²) in [5.41, 5.74) is 0.0548. The van der Waals surface area contributed by atoms with Crippen molar-refractivity contribution < 1.29 is 94.4 Å². The van der Waals surface area contributed by atoms with Crippen molar-refractivity contribution in [3.8, 4) is 17.2 Å². The minimum atomic E-state index is -4.41. The Morgan fingerprint density at radius 3 is 1.77 bits per heavy atom. The number of hydrogen-bond donors (Lipinski definition) is 1. The molecule has 0 bridgehead atoms. The summed E-state index contributed by atoms with van der Waals surface area (Å²) in [4.78, 5) is 79.9. The molecule has 88 heavy (non-hydrogen) atoms. The lowest BCUT2D eigenvalue weighted by atomic mass is 9.80. The minimum absolute atomic E-state index is 0.0305. The molecule has 0 radical (unpaired) electrons. The molecule has 2 aliphatic rings. The zero-order chi connectivity index (χ0) is 63.5. The van der Waals surface area contributed by atoms with Gasteiger partial charge < -0.3 is 62.2 Å². The molecule has 9 atom stereocenters. The smallest absolute Gasteiger partial charge is 0.409 e. The van der Waals surface area contributed by atoms with Crippen molar-refractivity contribution in [1.29, 1.82) is 0 Å². The molecular formula is C62H77N4O21P. The van der Waals surface area contributed by atoms with Gasteiger partial charge in [-0.3, -0.25) is 37.6 Å². The highest BCUT2D eigenvalue weighted by Gasteiger charge is 2.53. The molecule has 2 aliphatic heterocycles. The van der Waals surface area contributed by atoms with Crippen LogP contribution >= 0.6 is 7.75 Å². The van der Waals surface area contributed by atoms with E-state index in [1.807, 2.05) is 113 Å². The zero-order valence-electron chi connectivity index (χ0n) is 50.8. The number of para-hydroxylation sites is 1.